The first-order valence-corrected chi connectivity index (χ1v) is 9.09. The number of ether oxygens (including phenoxy) is 1. The largest absolute Gasteiger partial charge is 0.384 e. The molecule has 0 aliphatic carbocycles. The minimum absolute atomic E-state index is 0.00983. The average Bonchev–Trinajstić information content (AvgIpc) is 2.56. The van der Waals surface area contributed by atoms with Gasteiger partial charge in [-0.25, -0.2) is 0 Å². The molecule has 0 bridgehead atoms. The average molecular weight is 346 g/mol. The van der Waals surface area contributed by atoms with E-state index in [0.29, 0.717) is 30.4 Å². The molecule has 25 heavy (non-hydrogen) atoms. The lowest BCUT2D eigenvalue weighted by Gasteiger charge is -2.32. The van der Waals surface area contributed by atoms with Gasteiger partial charge in [-0.2, -0.15) is 0 Å². The zero-order valence-corrected chi connectivity index (χ0v) is 15.8. The first kappa shape index (κ1) is 19.4. The Bertz CT molecular complexity index is 611. The van der Waals surface area contributed by atoms with Gasteiger partial charge in [0.25, 0.3) is 5.91 Å². The number of nitrogens with one attached hydrogen (secondary N) is 1. The predicted molar refractivity (Wildman–Crippen MR) is 99.8 cm³/mol. The molecule has 5 nitrogen and oxygen atoms in total. The van der Waals surface area contributed by atoms with Gasteiger partial charge in [-0.05, 0) is 55.4 Å². The monoisotopic (exact) mass is 346 g/mol. The van der Waals surface area contributed by atoms with Crippen LogP contribution in [0.2, 0.25) is 0 Å². The lowest BCUT2D eigenvalue weighted by Crippen LogP contribution is -2.41. The van der Waals surface area contributed by atoms with E-state index >= 15 is 0 Å². The molecule has 1 saturated heterocycles. The second-order valence-corrected chi connectivity index (χ2v) is 7.39. The van der Waals surface area contributed by atoms with Crippen molar-refractivity contribution in [2.75, 3.05) is 32.1 Å². The Morgan fingerprint density at radius 2 is 2.12 bits per heavy atom. The van der Waals surface area contributed by atoms with Gasteiger partial charge in [-0.1, -0.05) is 13.8 Å². The minimum Gasteiger partial charge on any atom is -0.384 e. The molecule has 1 aliphatic heterocycles. The van der Waals surface area contributed by atoms with E-state index in [0.717, 1.165) is 37.2 Å². The summed E-state index contributed by atoms with van der Waals surface area (Å²) in [6, 6.07) is 5.50. The van der Waals surface area contributed by atoms with Crippen molar-refractivity contribution in [2.24, 2.45) is 11.8 Å². The number of benzene rings is 1. The Hall–Kier alpha value is -1.88. The maximum atomic E-state index is 12.8. The van der Waals surface area contributed by atoms with E-state index < -0.39 is 0 Å². The van der Waals surface area contributed by atoms with Gasteiger partial charge >= 0.3 is 0 Å². The number of likely N-dealkylation sites (tertiary alicyclic amines) is 1. The fourth-order valence-electron chi connectivity index (χ4n) is 3.31. The van der Waals surface area contributed by atoms with Gasteiger partial charge in [0.05, 0.1) is 6.61 Å². The highest BCUT2D eigenvalue weighted by Gasteiger charge is 2.24. The molecule has 1 fully saturated rings. The number of methoxy groups -OCH3 is 1. The summed E-state index contributed by atoms with van der Waals surface area (Å²) in [6.45, 7) is 8.20. The molecule has 1 aromatic carbocycles. The third-order valence-electron chi connectivity index (χ3n) is 4.55. The van der Waals surface area contributed by atoms with Gasteiger partial charge in [-0.15, -0.1) is 0 Å². The quantitative estimate of drug-likeness (QED) is 0.858. The van der Waals surface area contributed by atoms with E-state index in [1.54, 1.807) is 13.2 Å². The van der Waals surface area contributed by atoms with Crippen LogP contribution in [0.3, 0.4) is 0 Å². The maximum Gasteiger partial charge on any atom is 0.253 e. The van der Waals surface area contributed by atoms with Gasteiger partial charge < -0.3 is 15.0 Å². The molecular weight excluding hydrogens is 316 g/mol. The summed E-state index contributed by atoms with van der Waals surface area (Å²) >= 11 is 0. The van der Waals surface area contributed by atoms with E-state index in [2.05, 4.69) is 5.32 Å². The topological polar surface area (TPSA) is 58.6 Å². The summed E-state index contributed by atoms with van der Waals surface area (Å²) in [4.78, 5) is 26.6. The summed E-state index contributed by atoms with van der Waals surface area (Å²) in [6.07, 6.45) is 2.62. The molecule has 5 heteroatoms. The minimum atomic E-state index is 0.00983. The van der Waals surface area contributed by atoms with Crippen molar-refractivity contribution in [3.05, 3.63) is 29.3 Å². The number of piperidine rings is 1. The zero-order chi connectivity index (χ0) is 18.4. The van der Waals surface area contributed by atoms with E-state index in [1.165, 1.54) is 0 Å². The smallest absolute Gasteiger partial charge is 0.253 e. The normalized spacial score (nSPS) is 17.6. The Kier molecular flexibility index (Phi) is 7.00. The Morgan fingerprint density at radius 3 is 2.76 bits per heavy atom. The number of amides is 2. The van der Waals surface area contributed by atoms with Crippen molar-refractivity contribution >= 4 is 17.5 Å². The predicted octanol–water partition coefficient (Wildman–Crippen LogP) is 3.48. The first-order valence-electron chi connectivity index (χ1n) is 9.09. The molecule has 0 saturated carbocycles. The van der Waals surface area contributed by atoms with Crippen molar-refractivity contribution in [3.8, 4) is 0 Å². The molecule has 2 amide bonds. The van der Waals surface area contributed by atoms with Crippen molar-refractivity contribution in [2.45, 2.75) is 40.0 Å². The summed E-state index contributed by atoms with van der Waals surface area (Å²) < 4.78 is 5.24. The second-order valence-electron chi connectivity index (χ2n) is 7.39. The highest BCUT2D eigenvalue weighted by atomic mass is 16.5. The van der Waals surface area contributed by atoms with Crippen LogP contribution in [0.15, 0.2) is 18.2 Å². The summed E-state index contributed by atoms with van der Waals surface area (Å²) in [5, 5.41) is 2.93. The van der Waals surface area contributed by atoms with Crippen molar-refractivity contribution in [3.63, 3.8) is 0 Å². The molecular formula is C20H30N2O3. The third kappa shape index (κ3) is 5.56. The van der Waals surface area contributed by atoms with Gasteiger partial charge in [0.2, 0.25) is 5.91 Å². The van der Waals surface area contributed by atoms with Crippen LogP contribution in [0.5, 0.6) is 0 Å². The molecule has 1 aromatic rings. The highest BCUT2D eigenvalue weighted by Crippen LogP contribution is 2.22. The maximum absolute atomic E-state index is 12.8. The van der Waals surface area contributed by atoms with Gasteiger partial charge in [0.15, 0.2) is 0 Å². The number of hydrogen-bond donors (Lipinski definition) is 1. The Morgan fingerprint density at radius 1 is 1.36 bits per heavy atom. The van der Waals surface area contributed by atoms with Crippen molar-refractivity contribution in [1.82, 2.24) is 4.90 Å². The Balaban J connectivity index is 2.03. The van der Waals surface area contributed by atoms with E-state index in [1.807, 2.05) is 37.8 Å². The number of hydrogen-bond acceptors (Lipinski definition) is 3. The van der Waals surface area contributed by atoms with Crippen LogP contribution in [0, 0.1) is 18.8 Å². The number of carbonyl (C=O) groups excluding carboxylic acids is 2. The number of anilines is 1. The molecule has 138 valence electrons. The van der Waals surface area contributed by atoms with Crippen LogP contribution in [-0.2, 0) is 9.53 Å². The number of rotatable bonds is 6. The lowest BCUT2D eigenvalue weighted by atomic mass is 9.98. The molecule has 1 N–H and O–H groups in total. The molecule has 0 aromatic heterocycles. The van der Waals surface area contributed by atoms with E-state index in [-0.39, 0.29) is 11.8 Å². The molecule has 0 spiro atoms. The van der Waals surface area contributed by atoms with E-state index in [9.17, 15) is 9.59 Å². The standard InChI is InChI=1S/C20H30N2O3/c1-14(2)10-19(23)21-18-8-7-17(11-15(18)3)20(24)22-9-5-6-16(12-22)13-25-4/h7-8,11,14,16H,5-6,9-10,12-13H2,1-4H3,(H,21,23). The third-order valence-corrected chi connectivity index (χ3v) is 4.55. The van der Waals surface area contributed by atoms with Gasteiger partial charge in [-0.3, -0.25) is 9.59 Å². The molecule has 2 rings (SSSR count). The van der Waals surface area contributed by atoms with Gasteiger partial charge in [0.1, 0.15) is 0 Å². The van der Waals surface area contributed by atoms with Crippen LogP contribution in [0.1, 0.15) is 49.0 Å². The number of nitrogens with zero attached hydrogens (tertiary/aromatic N) is 1. The molecule has 1 unspecified atom stereocenters. The van der Waals surface area contributed by atoms with Crippen LogP contribution in [0.25, 0.3) is 0 Å². The van der Waals surface area contributed by atoms with E-state index in [4.69, 9.17) is 4.74 Å². The zero-order valence-electron chi connectivity index (χ0n) is 15.8. The second kappa shape index (κ2) is 8.99. The number of carbonyl (C=O) groups is 2. The lowest BCUT2D eigenvalue weighted by molar-refractivity contribution is -0.116. The molecule has 1 atom stereocenters. The summed E-state index contributed by atoms with van der Waals surface area (Å²) in [5.41, 5.74) is 2.36. The van der Waals surface area contributed by atoms with Crippen molar-refractivity contribution < 1.29 is 14.3 Å². The van der Waals surface area contributed by atoms with Crippen molar-refractivity contribution in [1.29, 1.82) is 0 Å². The molecule has 0 radical (unpaired) electrons. The molecule has 1 aliphatic rings. The van der Waals surface area contributed by atoms with Crippen LogP contribution >= 0.6 is 0 Å². The highest BCUT2D eigenvalue weighted by molar-refractivity contribution is 5.96. The molecule has 1 heterocycles. The fraction of sp³-hybridized carbons (Fsp3) is 0.600. The number of aryl methyl sites for hydroxylation is 1. The summed E-state index contributed by atoms with van der Waals surface area (Å²) in [5.74, 6) is 0.804. The Labute approximate surface area is 150 Å². The fourth-order valence-corrected chi connectivity index (χ4v) is 3.31. The van der Waals surface area contributed by atoms with Crippen LogP contribution in [0.4, 0.5) is 5.69 Å². The first-order chi connectivity index (χ1) is 11.9. The summed E-state index contributed by atoms with van der Waals surface area (Å²) in [7, 11) is 1.70. The van der Waals surface area contributed by atoms with Crippen LogP contribution in [-0.4, -0.2) is 43.5 Å². The SMILES string of the molecule is COCC1CCCN(C(=O)c2ccc(NC(=O)CC(C)C)c(C)c2)C1. The van der Waals surface area contributed by atoms with Gasteiger partial charge in [0, 0.05) is 37.9 Å². The van der Waals surface area contributed by atoms with Crippen LogP contribution < -0.4 is 5.32 Å².